The van der Waals surface area contributed by atoms with Crippen molar-refractivity contribution in [3.8, 4) is 5.75 Å². The first-order valence-electron chi connectivity index (χ1n) is 13.1. The highest BCUT2D eigenvalue weighted by molar-refractivity contribution is 6.30. The van der Waals surface area contributed by atoms with Crippen LogP contribution in [0.25, 0.3) is 0 Å². The number of ether oxygens (including phenoxy) is 1. The van der Waals surface area contributed by atoms with Gasteiger partial charge in [-0.25, -0.2) is 4.79 Å². The molecule has 0 saturated carbocycles. The molecule has 0 fully saturated rings. The zero-order valence-electron chi connectivity index (χ0n) is 23.1. The average molecular weight is 584 g/mol. The second kappa shape index (κ2) is 14.9. The molecule has 0 saturated heterocycles. The van der Waals surface area contributed by atoms with E-state index in [1.807, 2.05) is 13.8 Å². The Labute approximate surface area is 243 Å². The molecule has 11 heteroatoms. The van der Waals surface area contributed by atoms with Crippen LogP contribution in [-0.2, 0) is 22.4 Å². The van der Waals surface area contributed by atoms with E-state index in [0.717, 1.165) is 0 Å². The van der Waals surface area contributed by atoms with Gasteiger partial charge in [-0.15, -0.1) is 0 Å². The summed E-state index contributed by atoms with van der Waals surface area (Å²) in [7, 11) is 1.52. The lowest BCUT2D eigenvalue weighted by atomic mass is 9.97. The highest BCUT2D eigenvalue weighted by Gasteiger charge is 2.31. The average Bonchev–Trinajstić information content (AvgIpc) is 3.47. The minimum absolute atomic E-state index is 0.0321. The van der Waals surface area contributed by atoms with Crippen LogP contribution in [0.5, 0.6) is 5.75 Å². The zero-order chi connectivity index (χ0) is 29.9. The van der Waals surface area contributed by atoms with Gasteiger partial charge in [0.2, 0.25) is 17.6 Å². The number of amides is 3. The predicted octanol–water partition coefficient (Wildman–Crippen LogP) is 4.26. The van der Waals surface area contributed by atoms with Crippen molar-refractivity contribution < 1.29 is 33.4 Å². The lowest BCUT2D eigenvalue weighted by Crippen LogP contribution is -2.56. The Morgan fingerprint density at radius 2 is 1.37 bits per heavy atom. The first-order valence-corrected chi connectivity index (χ1v) is 13.5. The predicted molar refractivity (Wildman–Crippen MR) is 153 cm³/mol. The summed E-state index contributed by atoms with van der Waals surface area (Å²) in [5.41, 5.74) is 1.38. The van der Waals surface area contributed by atoms with Crippen molar-refractivity contribution in [2.75, 3.05) is 7.11 Å². The van der Waals surface area contributed by atoms with E-state index in [1.165, 1.54) is 19.4 Å². The van der Waals surface area contributed by atoms with Gasteiger partial charge in [-0.1, -0.05) is 49.7 Å². The van der Waals surface area contributed by atoms with Gasteiger partial charge in [-0.3, -0.25) is 14.4 Å². The molecule has 2 aromatic carbocycles. The maximum atomic E-state index is 13.6. The lowest BCUT2D eigenvalue weighted by Gasteiger charge is -2.25. The van der Waals surface area contributed by atoms with Crippen LogP contribution < -0.4 is 20.7 Å². The van der Waals surface area contributed by atoms with E-state index in [0.29, 0.717) is 28.3 Å². The van der Waals surface area contributed by atoms with E-state index >= 15 is 0 Å². The second-order valence-electron chi connectivity index (χ2n) is 9.98. The van der Waals surface area contributed by atoms with Crippen LogP contribution in [-0.4, -0.2) is 54.0 Å². The summed E-state index contributed by atoms with van der Waals surface area (Å²) in [5.74, 6) is -0.900. The molecule has 0 bridgehead atoms. The minimum Gasteiger partial charge on any atom is -0.497 e. The number of carboxylic acid groups (broad SMARTS) is 1. The molecule has 41 heavy (non-hydrogen) atoms. The Hall–Kier alpha value is -4.31. The topological polar surface area (TPSA) is 147 Å². The Balaban J connectivity index is 1.85. The summed E-state index contributed by atoms with van der Waals surface area (Å²) in [5, 5.41) is 17.6. The normalized spacial score (nSPS) is 13.1. The molecule has 0 aliphatic rings. The fourth-order valence-corrected chi connectivity index (χ4v) is 4.39. The maximum absolute atomic E-state index is 13.6. The number of Topliss-reactive ketones (excluding diaryl/α,β-unsaturated/α-hetero) is 1. The van der Waals surface area contributed by atoms with Crippen LogP contribution >= 0.6 is 11.6 Å². The first-order chi connectivity index (χ1) is 19.5. The van der Waals surface area contributed by atoms with Crippen LogP contribution in [0, 0.1) is 5.92 Å². The molecule has 1 heterocycles. The van der Waals surface area contributed by atoms with E-state index < -0.39 is 41.8 Å². The van der Waals surface area contributed by atoms with Gasteiger partial charge in [0.15, 0.2) is 5.76 Å². The molecule has 0 aliphatic carbocycles. The number of hydrogen-bond acceptors (Lipinski definition) is 6. The smallest absolute Gasteiger partial charge is 0.405 e. The third-order valence-electron chi connectivity index (χ3n) is 6.30. The number of rotatable bonds is 14. The number of carbonyl (C=O) groups excluding carboxylic acids is 3. The number of ketones is 1. The molecule has 4 N–H and O–H groups in total. The molecule has 10 nitrogen and oxygen atoms in total. The number of carbonyl (C=O) groups is 4. The molecule has 3 atom stereocenters. The monoisotopic (exact) mass is 583 g/mol. The van der Waals surface area contributed by atoms with Gasteiger partial charge in [0.1, 0.15) is 17.8 Å². The Kier molecular flexibility index (Phi) is 11.3. The van der Waals surface area contributed by atoms with E-state index in [4.69, 9.17) is 20.8 Å². The second-order valence-corrected chi connectivity index (χ2v) is 10.4. The van der Waals surface area contributed by atoms with Crippen LogP contribution in [0.3, 0.4) is 0 Å². The lowest BCUT2D eigenvalue weighted by molar-refractivity contribution is -0.130. The largest absolute Gasteiger partial charge is 0.497 e. The number of halogens is 1. The van der Waals surface area contributed by atoms with Gasteiger partial charge in [0.05, 0.1) is 19.4 Å². The Morgan fingerprint density at radius 1 is 0.829 bits per heavy atom. The highest BCUT2D eigenvalue weighted by Crippen LogP contribution is 2.16. The molecular formula is C30H34ClN3O7. The number of methoxy groups -OCH3 is 1. The number of furan rings is 1. The van der Waals surface area contributed by atoms with Gasteiger partial charge in [-0.2, -0.15) is 0 Å². The maximum Gasteiger partial charge on any atom is 0.405 e. The number of nitrogens with one attached hydrogen (secondary N) is 3. The van der Waals surface area contributed by atoms with E-state index in [1.54, 1.807) is 54.6 Å². The third-order valence-corrected chi connectivity index (χ3v) is 6.56. The molecule has 0 aliphatic heterocycles. The molecule has 218 valence electrons. The fourth-order valence-electron chi connectivity index (χ4n) is 4.26. The van der Waals surface area contributed by atoms with Crippen molar-refractivity contribution in [3.63, 3.8) is 0 Å². The number of hydrogen-bond donors (Lipinski definition) is 4. The summed E-state index contributed by atoms with van der Waals surface area (Å²) in [4.78, 5) is 51.6. The number of benzene rings is 2. The van der Waals surface area contributed by atoms with Gasteiger partial charge in [0.25, 0.3) is 0 Å². The first kappa shape index (κ1) is 31.2. The third kappa shape index (κ3) is 9.68. The van der Waals surface area contributed by atoms with Crippen molar-refractivity contribution in [2.45, 2.75) is 51.2 Å². The summed E-state index contributed by atoms with van der Waals surface area (Å²) >= 11 is 6.01. The van der Waals surface area contributed by atoms with Crippen molar-refractivity contribution in [1.29, 1.82) is 0 Å². The van der Waals surface area contributed by atoms with Crippen molar-refractivity contribution >= 4 is 35.3 Å². The van der Waals surface area contributed by atoms with Crippen LogP contribution in [0.1, 0.15) is 41.9 Å². The molecule has 0 spiro atoms. The molecule has 3 unspecified atom stereocenters. The summed E-state index contributed by atoms with van der Waals surface area (Å²) in [6, 6.07) is 13.5. The van der Waals surface area contributed by atoms with Crippen molar-refractivity contribution in [2.24, 2.45) is 5.92 Å². The van der Waals surface area contributed by atoms with E-state index in [2.05, 4.69) is 16.0 Å². The van der Waals surface area contributed by atoms with Crippen molar-refractivity contribution in [1.82, 2.24) is 16.0 Å². The van der Waals surface area contributed by atoms with Crippen LogP contribution in [0.2, 0.25) is 5.02 Å². The zero-order valence-corrected chi connectivity index (χ0v) is 23.8. The van der Waals surface area contributed by atoms with Gasteiger partial charge in [-0.05, 0) is 59.9 Å². The summed E-state index contributed by atoms with van der Waals surface area (Å²) < 4.78 is 10.4. The Morgan fingerprint density at radius 3 is 1.85 bits per heavy atom. The molecule has 0 radical (unpaired) electrons. The van der Waals surface area contributed by atoms with E-state index in [-0.39, 0.29) is 24.5 Å². The fraction of sp³-hybridized carbons (Fsp3) is 0.333. The van der Waals surface area contributed by atoms with Gasteiger partial charge in [0, 0.05) is 17.9 Å². The highest BCUT2D eigenvalue weighted by atomic mass is 35.5. The van der Waals surface area contributed by atoms with Crippen LogP contribution in [0.4, 0.5) is 4.79 Å². The van der Waals surface area contributed by atoms with Crippen LogP contribution in [0.15, 0.2) is 71.3 Å². The minimum atomic E-state index is -1.39. The summed E-state index contributed by atoms with van der Waals surface area (Å²) in [6.45, 7) is 3.84. The summed E-state index contributed by atoms with van der Waals surface area (Å²) in [6.07, 6.45) is 0.431. The molecule has 3 aromatic rings. The Bertz CT molecular complexity index is 1310. The molecule has 1 aromatic heterocycles. The SMILES string of the molecule is COc1ccc(CC(NC(=O)O)C(=O)NC(Cc2ccc(Cl)cc2)C(=O)NC(CC(C)C)C(=O)c2ccco2)cc1. The van der Waals surface area contributed by atoms with Crippen molar-refractivity contribution in [3.05, 3.63) is 88.8 Å². The van der Waals surface area contributed by atoms with E-state index in [9.17, 15) is 24.3 Å². The molecule has 3 amide bonds. The molecule has 3 rings (SSSR count). The standard InChI is InChI=1S/C30H34ClN3O7/c1-18(2)15-23(27(35)26-5-4-14-41-26)32-28(36)24(16-19-6-10-21(31)11-7-19)33-29(37)25(34-30(38)39)17-20-8-12-22(40-3)13-9-20/h4-14,18,23-25,34H,15-17H2,1-3H3,(H,32,36)(H,33,37)(H,38,39). The molecular weight excluding hydrogens is 550 g/mol. The quantitative estimate of drug-likeness (QED) is 0.207. The van der Waals surface area contributed by atoms with Gasteiger partial charge < -0.3 is 30.2 Å². The van der Waals surface area contributed by atoms with Gasteiger partial charge >= 0.3 is 6.09 Å².